The Bertz CT molecular complexity index is 1100. The number of fused-ring (bicyclic) bond motifs is 3. The second-order valence-corrected chi connectivity index (χ2v) is 10.9. The second-order valence-electron chi connectivity index (χ2n) is 8.85. The number of hydrogen-bond acceptors (Lipinski definition) is 6. The van der Waals surface area contributed by atoms with Crippen molar-refractivity contribution in [3.05, 3.63) is 32.6 Å². The van der Waals surface area contributed by atoms with E-state index in [1.807, 2.05) is 11.8 Å². The Balaban J connectivity index is 1.46. The van der Waals surface area contributed by atoms with E-state index in [2.05, 4.69) is 6.08 Å². The van der Waals surface area contributed by atoms with Crippen molar-refractivity contribution in [1.29, 1.82) is 0 Å². The molecule has 3 heterocycles. The van der Waals surface area contributed by atoms with Crippen molar-refractivity contribution in [3.63, 3.8) is 0 Å². The van der Waals surface area contributed by atoms with Gasteiger partial charge in [-0.1, -0.05) is 17.8 Å². The molecule has 0 saturated carbocycles. The van der Waals surface area contributed by atoms with Gasteiger partial charge in [-0.05, 0) is 70.3 Å². The van der Waals surface area contributed by atoms with Crippen molar-refractivity contribution in [2.45, 2.75) is 82.5 Å². The van der Waals surface area contributed by atoms with Crippen molar-refractivity contribution in [2.24, 2.45) is 0 Å². The Morgan fingerprint density at radius 3 is 2.91 bits per heavy atom. The average molecular weight is 474 g/mol. The van der Waals surface area contributed by atoms with Gasteiger partial charge in [-0.3, -0.25) is 14.2 Å². The predicted molar refractivity (Wildman–Crippen MR) is 130 cm³/mol. The Kier molecular flexibility index (Phi) is 6.71. The number of ether oxygens (including phenoxy) is 1. The molecule has 0 aromatic carbocycles. The number of thioether (sulfide) groups is 1. The zero-order chi connectivity index (χ0) is 22.1. The molecule has 0 N–H and O–H groups in total. The lowest BCUT2D eigenvalue weighted by Gasteiger charge is -2.22. The van der Waals surface area contributed by atoms with Crippen LogP contribution in [-0.2, 0) is 28.9 Å². The highest BCUT2D eigenvalue weighted by Crippen LogP contribution is 2.35. The van der Waals surface area contributed by atoms with Crippen LogP contribution in [0, 0.1) is 0 Å². The Hall–Kier alpha value is -1.64. The summed E-state index contributed by atoms with van der Waals surface area (Å²) in [6.45, 7) is 3.98. The van der Waals surface area contributed by atoms with Crippen LogP contribution in [0.1, 0.15) is 62.3 Å². The number of amides is 1. The van der Waals surface area contributed by atoms with E-state index in [9.17, 15) is 9.59 Å². The van der Waals surface area contributed by atoms with Gasteiger partial charge in [0, 0.05) is 23.7 Å². The molecule has 1 aliphatic heterocycles. The van der Waals surface area contributed by atoms with E-state index in [-0.39, 0.29) is 17.6 Å². The summed E-state index contributed by atoms with van der Waals surface area (Å²) in [5, 5.41) is 1.46. The number of allylic oxidation sites excluding steroid dienone is 2. The molecule has 2 aliphatic carbocycles. The van der Waals surface area contributed by atoms with E-state index in [4.69, 9.17) is 9.72 Å². The normalized spacial score (nSPS) is 20.5. The summed E-state index contributed by atoms with van der Waals surface area (Å²) in [4.78, 5) is 35.7. The first-order chi connectivity index (χ1) is 15.7. The summed E-state index contributed by atoms with van der Waals surface area (Å²) in [5.41, 5.74) is 2.41. The van der Waals surface area contributed by atoms with Crippen LogP contribution < -0.4 is 5.56 Å². The van der Waals surface area contributed by atoms with E-state index < -0.39 is 0 Å². The summed E-state index contributed by atoms with van der Waals surface area (Å²) >= 11 is 3.07. The minimum atomic E-state index is 0.0469. The van der Waals surface area contributed by atoms with Crippen molar-refractivity contribution < 1.29 is 9.53 Å². The third-order valence-electron chi connectivity index (χ3n) is 6.76. The van der Waals surface area contributed by atoms with Gasteiger partial charge >= 0.3 is 0 Å². The third-order valence-corrected chi connectivity index (χ3v) is 8.90. The number of rotatable bonds is 7. The smallest absolute Gasteiger partial charge is 0.263 e. The molecule has 1 unspecified atom stereocenters. The summed E-state index contributed by atoms with van der Waals surface area (Å²) < 4.78 is 7.64. The number of carbonyl (C=O) groups excluding carboxylic acids is 1. The molecule has 0 bridgehead atoms. The lowest BCUT2D eigenvalue weighted by molar-refractivity contribution is -0.126. The molecule has 1 saturated heterocycles. The van der Waals surface area contributed by atoms with Gasteiger partial charge in [0.15, 0.2) is 5.16 Å². The molecule has 32 heavy (non-hydrogen) atoms. The Morgan fingerprint density at radius 1 is 1.28 bits per heavy atom. The minimum absolute atomic E-state index is 0.0469. The van der Waals surface area contributed by atoms with E-state index in [1.165, 1.54) is 28.6 Å². The summed E-state index contributed by atoms with van der Waals surface area (Å²) in [7, 11) is 0. The summed E-state index contributed by atoms with van der Waals surface area (Å²) in [5.74, 6) is 0.383. The van der Waals surface area contributed by atoms with Crippen LogP contribution in [0.4, 0.5) is 0 Å². The van der Waals surface area contributed by atoms with Crippen LogP contribution in [0.2, 0.25) is 0 Å². The molecule has 5 rings (SSSR count). The van der Waals surface area contributed by atoms with E-state index >= 15 is 0 Å². The lowest BCUT2D eigenvalue weighted by atomic mass is 9.97. The van der Waals surface area contributed by atoms with Gasteiger partial charge in [0.05, 0.1) is 23.8 Å². The van der Waals surface area contributed by atoms with Crippen molar-refractivity contribution in [1.82, 2.24) is 14.5 Å². The summed E-state index contributed by atoms with van der Waals surface area (Å²) in [6, 6.07) is 0. The van der Waals surface area contributed by atoms with Gasteiger partial charge in [-0.2, -0.15) is 0 Å². The van der Waals surface area contributed by atoms with Crippen LogP contribution in [-0.4, -0.2) is 45.4 Å². The molecule has 6 nitrogen and oxygen atoms in total. The number of aryl methyl sites for hydroxylation is 2. The fourth-order valence-electron chi connectivity index (χ4n) is 5.13. The maximum atomic E-state index is 13.7. The van der Waals surface area contributed by atoms with Gasteiger partial charge in [-0.15, -0.1) is 11.3 Å². The van der Waals surface area contributed by atoms with Gasteiger partial charge < -0.3 is 9.64 Å². The first-order valence-electron chi connectivity index (χ1n) is 11.9. The molecule has 2 aromatic rings. The SMILES string of the molecule is CCN(C(=O)CSc1nc2sc3c(c2c(=O)n1CC1CCCO1)CCCC3)C1=CCCC1. The second kappa shape index (κ2) is 9.69. The third kappa shape index (κ3) is 4.29. The number of thiophene rings is 1. The van der Waals surface area contributed by atoms with E-state index in [0.717, 1.165) is 73.9 Å². The van der Waals surface area contributed by atoms with Crippen molar-refractivity contribution in [3.8, 4) is 0 Å². The number of nitrogens with zero attached hydrogens (tertiary/aromatic N) is 3. The molecule has 0 radical (unpaired) electrons. The largest absolute Gasteiger partial charge is 0.376 e. The molecular formula is C24H31N3O3S2. The highest BCUT2D eigenvalue weighted by molar-refractivity contribution is 7.99. The zero-order valence-corrected chi connectivity index (χ0v) is 20.4. The fourth-order valence-corrected chi connectivity index (χ4v) is 7.31. The molecule has 3 aliphatic rings. The number of hydrogen-bond donors (Lipinski definition) is 0. The molecule has 0 spiro atoms. The standard InChI is InChI=1S/C24H31N3O3S2/c1-2-26(16-8-3-4-9-16)20(28)15-31-24-25-22-21(18-11-5-6-12-19(18)32-22)23(29)27(24)14-17-10-7-13-30-17/h8,17H,2-7,9-15H2,1H3. The molecule has 2 aromatic heterocycles. The van der Waals surface area contributed by atoms with Gasteiger partial charge in [0.1, 0.15) is 4.83 Å². The fraction of sp³-hybridized carbons (Fsp3) is 0.625. The molecule has 1 amide bonds. The highest BCUT2D eigenvalue weighted by Gasteiger charge is 2.26. The monoisotopic (exact) mass is 473 g/mol. The maximum Gasteiger partial charge on any atom is 0.263 e. The van der Waals surface area contributed by atoms with Gasteiger partial charge in [-0.25, -0.2) is 4.98 Å². The zero-order valence-electron chi connectivity index (χ0n) is 18.7. The van der Waals surface area contributed by atoms with Crippen LogP contribution in [0.3, 0.4) is 0 Å². The Morgan fingerprint density at radius 2 is 2.16 bits per heavy atom. The lowest BCUT2D eigenvalue weighted by Crippen LogP contribution is -2.32. The van der Waals surface area contributed by atoms with Crippen LogP contribution >= 0.6 is 23.1 Å². The first kappa shape index (κ1) is 22.2. The van der Waals surface area contributed by atoms with Gasteiger partial charge in [0.2, 0.25) is 5.91 Å². The molecular weight excluding hydrogens is 442 g/mol. The van der Waals surface area contributed by atoms with Crippen molar-refractivity contribution in [2.75, 3.05) is 18.9 Å². The van der Waals surface area contributed by atoms with Crippen LogP contribution in [0.5, 0.6) is 0 Å². The minimum Gasteiger partial charge on any atom is -0.376 e. The Labute approximate surface area is 197 Å². The van der Waals surface area contributed by atoms with Gasteiger partial charge in [0.25, 0.3) is 5.56 Å². The average Bonchev–Trinajstić information content (AvgIpc) is 3.56. The molecule has 172 valence electrons. The first-order valence-corrected chi connectivity index (χ1v) is 13.7. The molecule has 1 fully saturated rings. The molecule has 1 atom stereocenters. The highest BCUT2D eigenvalue weighted by atomic mass is 32.2. The van der Waals surface area contributed by atoms with E-state index in [1.54, 1.807) is 15.9 Å². The maximum absolute atomic E-state index is 13.7. The predicted octanol–water partition coefficient (Wildman–Crippen LogP) is 4.52. The number of aromatic nitrogens is 2. The van der Waals surface area contributed by atoms with E-state index in [0.29, 0.717) is 24.0 Å². The van der Waals surface area contributed by atoms with Crippen LogP contribution in [0.15, 0.2) is 21.7 Å². The van der Waals surface area contributed by atoms with Crippen molar-refractivity contribution >= 4 is 39.2 Å². The quantitative estimate of drug-likeness (QED) is 0.437. The summed E-state index contributed by atoms with van der Waals surface area (Å²) in [6.07, 6.45) is 11.7. The topological polar surface area (TPSA) is 64.4 Å². The molecule has 8 heteroatoms. The number of carbonyl (C=O) groups is 1. The van der Waals surface area contributed by atoms with Crippen LogP contribution in [0.25, 0.3) is 10.2 Å².